The van der Waals surface area contributed by atoms with E-state index in [2.05, 4.69) is 29.1 Å². The number of hydrogen-bond acceptors (Lipinski definition) is 18. The highest BCUT2D eigenvalue weighted by atomic mass is 16.6. The number of imide groups is 1. The minimum absolute atomic E-state index is 0.0414. The molecule has 0 spiro atoms. The van der Waals surface area contributed by atoms with E-state index in [0.717, 1.165) is 39.4 Å². The van der Waals surface area contributed by atoms with Gasteiger partial charge in [0.05, 0.1) is 74.7 Å². The highest BCUT2D eigenvalue weighted by Crippen LogP contribution is 2.41. The van der Waals surface area contributed by atoms with Crippen LogP contribution >= 0.6 is 0 Å². The van der Waals surface area contributed by atoms with Gasteiger partial charge >= 0.3 is 6.09 Å². The second kappa shape index (κ2) is 34.4. The third-order valence-corrected chi connectivity index (χ3v) is 17.6. The maximum absolute atomic E-state index is 14.3. The topological polar surface area (TPSA) is 304 Å². The van der Waals surface area contributed by atoms with Crippen molar-refractivity contribution < 1.29 is 76.7 Å². The number of aryl methyl sites for hydroxylation is 1. The number of rotatable bonds is 36. The average molecular weight is 1320 g/mol. The van der Waals surface area contributed by atoms with Gasteiger partial charge < -0.3 is 65.0 Å². The number of ether oxygens (including phenoxy) is 6. The van der Waals surface area contributed by atoms with Gasteiger partial charge in [-0.2, -0.15) is 0 Å². The predicted molar refractivity (Wildman–Crippen MR) is 357 cm³/mol. The number of Topliss-reactive ketones (excluding diaryl/α,β-unsaturated/α-hetero) is 2. The van der Waals surface area contributed by atoms with Crippen LogP contribution in [0.2, 0.25) is 0 Å². The van der Waals surface area contributed by atoms with Crippen LogP contribution < -0.4 is 40.8 Å². The Hall–Kier alpha value is -9.23. The lowest BCUT2D eigenvalue weighted by Gasteiger charge is -2.31. The summed E-state index contributed by atoms with van der Waals surface area (Å²) in [4.78, 5) is 125. The van der Waals surface area contributed by atoms with E-state index in [4.69, 9.17) is 34.2 Å². The highest BCUT2D eigenvalue weighted by Gasteiger charge is 2.46. The monoisotopic (exact) mass is 1320 g/mol. The fourth-order valence-corrected chi connectivity index (χ4v) is 12.4. The minimum Gasteiger partial charge on any atom is -0.493 e. The van der Waals surface area contributed by atoms with Crippen molar-refractivity contribution >= 4 is 70.2 Å². The quantitative estimate of drug-likeness (QED) is 0.0167. The lowest BCUT2D eigenvalue weighted by atomic mass is 9.92. The number of carbonyl (C=O) groups excluding carboxylic acids is 9. The summed E-state index contributed by atoms with van der Waals surface area (Å²) in [5.74, 6) is -1.93. The number of aliphatic hydroxyl groups excluding tert-OH is 1. The van der Waals surface area contributed by atoms with Gasteiger partial charge in [-0.3, -0.25) is 43.3 Å². The van der Waals surface area contributed by atoms with Crippen LogP contribution in [-0.4, -0.2) is 177 Å². The predicted octanol–water partition coefficient (Wildman–Crippen LogP) is 7.53. The molecule has 7 amide bonds. The molecule has 96 heavy (non-hydrogen) atoms. The second-order valence-electron chi connectivity index (χ2n) is 24.8. The van der Waals surface area contributed by atoms with Gasteiger partial charge in [-0.1, -0.05) is 66.8 Å². The number of fused-ring (bicyclic) bond motifs is 4. The maximum atomic E-state index is 14.3. The summed E-state index contributed by atoms with van der Waals surface area (Å²) in [5.41, 5.74) is 11.6. The minimum atomic E-state index is -1.50. The first-order valence-corrected chi connectivity index (χ1v) is 33.0. The summed E-state index contributed by atoms with van der Waals surface area (Å²) in [6.45, 7) is 13.0. The molecule has 0 saturated carbocycles. The highest BCUT2D eigenvalue weighted by molar-refractivity contribution is 6.13. The first kappa shape index (κ1) is 71.1. The Morgan fingerprint density at radius 3 is 2.12 bits per heavy atom. The van der Waals surface area contributed by atoms with Gasteiger partial charge in [0.1, 0.15) is 30.0 Å². The number of methoxy groups -OCH3 is 1. The smallest absolute Gasteiger partial charge is 0.416 e. The maximum Gasteiger partial charge on any atom is 0.416 e. The fourth-order valence-electron chi connectivity index (χ4n) is 12.4. The molecule has 24 heteroatoms. The number of nitrogens with zero attached hydrogens (tertiary/aromatic N) is 4. The zero-order valence-corrected chi connectivity index (χ0v) is 54.8. The van der Waals surface area contributed by atoms with E-state index in [9.17, 15) is 48.3 Å². The van der Waals surface area contributed by atoms with Crippen molar-refractivity contribution in [2.45, 2.75) is 128 Å². The number of carbonyl (C=O) groups is 9. The van der Waals surface area contributed by atoms with Gasteiger partial charge in [0.2, 0.25) is 11.8 Å². The zero-order chi connectivity index (χ0) is 68.3. The molecule has 6 N–H and O–H groups in total. The molecule has 0 bridgehead atoms. The van der Waals surface area contributed by atoms with E-state index in [1.54, 1.807) is 49.6 Å². The molecule has 0 aromatic heterocycles. The van der Waals surface area contributed by atoms with E-state index in [1.165, 1.54) is 17.1 Å². The molecule has 5 aliphatic heterocycles. The third-order valence-electron chi connectivity index (χ3n) is 17.6. The summed E-state index contributed by atoms with van der Waals surface area (Å²) in [6.07, 6.45) is 5.40. The van der Waals surface area contributed by atoms with Crippen LogP contribution in [0.4, 0.5) is 21.9 Å². The van der Waals surface area contributed by atoms with E-state index < -0.39 is 54.0 Å². The Labute approximate surface area is 559 Å². The number of anilines is 3. The van der Waals surface area contributed by atoms with E-state index in [1.807, 2.05) is 48.2 Å². The van der Waals surface area contributed by atoms with Crippen molar-refractivity contribution in [3.05, 3.63) is 143 Å². The van der Waals surface area contributed by atoms with Crippen LogP contribution in [0.15, 0.2) is 115 Å². The summed E-state index contributed by atoms with van der Waals surface area (Å²) < 4.78 is 35.2. The largest absolute Gasteiger partial charge is 0.493 e. The number of unbranched alkanes of at least 4 members (excludes halogenated alkanes) is 3. The van der Waals surface area contributed by atoms with E-state index >= 15 is 0 Å². The molecule has 24 nitrogen and oxygen atoms in total. The first-order valence-electron chi connectivity index (χ1n) is 33.0. The molecule has 4 aromatic rings. The van der Waals surface area contributed by atoms with Crippen LogP contribution in [0.3, 0.4) is 0 Å². The number of ketones is 2. The van der Waals surface area contributed by atoms with Crippen molar-refractivity contribution in [3.8, 4) is 17.2 Å². The van der Waals surface area contributed by atoms with Gasteiger partial charge in [0.25, 0.3) is 23.6 Å². The Bertz CT molecular complexity index is 3520. The zero-order valence-electron chi connectivity index (χ0n) is 54.8. The van der Waals surface area contributed by atoms with Crippen molar-refractivity contribution in [3.63, 3.8) is 0 Å². The Kier molecular flexibility index (Phi) is 25.5. The first-order chi connectivity index (χ1) is 46.4. The van der Waals surface area contributed by atoms with Crippen LogP contribution in [0.1, 0.15) is 121 Å². The van der Waals surface area contributed by atoms with Crippen LogP contribution in [-0.2, 0) is 56.0 Å². The van der Waals surface area contributed by atoms with Crippen LogP contribution in [0.5, 0.6) is 17.2 Å². The molecule has 0 unspecified atom stereocenters. The number of hydrogen-bond donors (Lipinski definition) is 5. The Morgan fingerprint density at radius 1 is 0.698 bits per heavy atom. The Morgan fingerprint density at radius 2 is 1.40 bits per heavy atom. The molecule has 0 radical (unpaired) electrons. The normalized spacial score (nSPS) is 17.8. The molecular weight excluding hydrogens is 1230 g/mol. The van der Waals surface area contributed by atoms with Crippen LogP contribution in [0, 0.1) is 12.8 Å². The van der Waals surface area contributed by atoms with E-state index in [-0.39, 0.29) is 125 Å². The third kappa shape index (κ3) is 18.8. The SMILES string of the molecule is C=C1C[C@H]2CNc3cc(OCCCCCOc4cc5c(cc4C)C(=O)N4CC(=C)C[C@H]4[C@H](O)N5C(=O)OCc4ccc(NC(=O)[C@H](CCCCN)NC(=O)[C@@H](CC(=O)CCOCCOCCCC(=O)CCN5C(=O)C=CC5=O)Cc5ccccc5)cc4)c(OC)cc3C(=O)N2C1. The molecule has 4 aromatic carbocycles. The van der Waals surface area contributed by atoms with Crippen molar-refractivity contribution in [2.75, 3.05) is 95.0 Å². The molecule has 5 atom stereocenters. The van der Waals surface area contributed by atoms with E-state index in [0.29, 0.717) is 117 Å². The average Bonchev–Trinajstić information content (AvgIpc) is 1.59. The molecule has 9 rings (SSSR count). The lowest BCUT2D eigenvalue weighted by molar-refractivity contribution is -0.137. The number of aliphatic hydroxyl groups is 1. The molecule has 0 aliphatic carbocycles. The fraction of sp³-hybridized carbons (Fsp3) is 0.458. The second-order valence-corrected chi connectivity index (χ2v) is 24.8. The molecular formula is C72H88N8O16. The lowest BCUT2D eigenvalue weighted by Crippen LogP contribution is -2.50. The van der Waals surface area contributed by atoms with Gasteiger partial charge in [-0.05, 0) is 119 Å². The Balaban J connectivity index is 0.751. The standard InChI is InChI=1S/C72H88N8O16/c1-46-34-53-42-74-59-40-64(63(91-4)39-56(59)69(87)78(53)43-46)95-30-12-6-11-29-94-62-41-60-57(36-48(62)3)70(88)79-44-47(2)35-61(79)71(89)80(60)72(90)96-45-50-18-20-52(21-19-50)75-68(86)58(17-9-10-26-73)76-67(85)51(37-49-14-7-5-8-15-49)38-55(82)25-31-93-33-32-92-28-13-16-54(81)24-27-77-65(83)22-23-66(77)84/h5,7-8,14-15,18-23,36,39-41,51,53,58,61,71,74,89H,1-2,6,9-13,16-17,24-35,37-38,42-45,73H2,3-4H3,(H,75,86)(H,76,85)/t51-,53+,58+,61+,71+/m1/s1. The number of amides is 7. The summed E-state index contributed by atoms with van der Waals surface area (Å²) in [6, 6.07) is 20.9. The van der Waals surface area contributed by atoms with Gasteiger partial charge in [0, 0.05) is 94.4 Å². The molecule has 5 heterocycles. The summed E-state index contributed by atoms with van der Waals surface area (Å²) in [5, 5.41) is 21.2. The van der Waals surface area contributed by atoms with Gasteiger partial charge in [0.15, 0.2) is 17.7 Å². The summed E-state index contributed by atoms with van der Waals surface area (Å²) >= 11 is 0. The number of nitrogens with one attached hydrogen (secondary N) is 3. The van der Waals surface area contributed by atoms with Gasteiger partial charge in [-0.25, -0.2) is 9.69 Å². The molecule has 5 aliphatic rings. The number of nitrogens with two attached hydrogens (primary N) is 1. The number of benzene rings is 4. The summed E-state index contributed by atoms with van der Waals surface area (Å²) in [7, 11) is 1.54. The van der Waals surface area contributed by atoms with Crippen molar-refractivity contribution in [1.82, 2.24) is 20.0 Å². The van der Waals surface area contributed by atoms with Crippen molar-refractivity contribution in [2.24, 2.45) is 11.7 Å². The molecule has 512 valence electrons. The van der Waals surface area contributed by atoms with Crippen molar-refractivity contribution in [1.29, 1.82) is 0 Å². The van der Waals surface area contributed by atoms with Crippen LogP contribution in [0.25, 0.3) is 0 Å². The molecule has 2 fully saturated rings. The van der Waals surface area contributed by atoms with Gasteiger partial charge in [-0.15, -0.1) is 0 Å². The molecule has 2 saturated heterocycles.